The highest BCUT2D eigenvalue weighted by Crippen LogP contribution is 2.21. The number of thiophene rings is 1. The summed E-state index contributed by atoms with van der Waals surface area (Å²) in [5.41, 5.74) is 3.07. The molecule has 2 rings (SSSR count). The zero-order chi connectivity index (χ0) is 13.8. The Bertz CT molecular complexity index is 592. The van der Waals surface area contributed by atoms with Crippen molar-refractivity contribution >= 4 is 33.2 Å². The summed E-state index contributed by atoms with van der Waals surface area (Å²) in [7, 11) is 0. The highest BCUT2D eigenvalue weighted by molar-refractivity contribution is 9.10. The van der Waals surface area contributed by atoms with E-state index in [0.29, 0.717) is 12.1 Å². The maximum Gasteiger partial charge on any atom is 0.252 e. The number of hydrogen-bond acceptors (Lipinski definition) is 2. The first-order valence-corrected chi connectivity index (χ1v) is 7.89. The van der Waals surface area contributed by atoms with Crippen molar-refractivity contribution < 1.29 is 4.79 Å². The third-order valence-electron chi connectivity index (χ3n) is 3.06. The van der Waals surface area contributed by atoms with Gasteiger partial charge >= 0.3 is 0 Å². The number of hydrogen-bond donors (Lipinski definition) is 1. The quantitative estimate of drug-likeness (QED) is 0.884. The Morgan fingerprint density at radius 3 is 2.89 bits per heavy atom. The Labute approximate surface area is 126 Å². The summed E-state index contributed by atoms with van der Waals surface area (Å²) >= 11 is 5.16. The van der Waals surface area contributed by atoms with Crippen molar-refractivity contribution in [1.29, 1.82) is 0 Å². The molecule has 0 bridgehead atoms. The Balaban J connectivity index is 2.08. The molecule has 0 radical (unpaired) electrons. The molecule has 2 nitrogen and oxygen atoms in total. The number of nitrogens with one attached hydrogen (secondary N) is 1. The van der Waals surface area contributed by atoms with Crippen LogP contribution in [0.3, 0.4) is 0 Å². The van der Waals surface area contributed by atoms with Gasteiger partial charge in [0.25, 0.3) is 5.91 Å². The molecule has 4 heteroatoms. The summed E-state index contributed by atoms with van der Waals surface area (Å²) in [6.07, 6.45) is 1.00. The second kappa shape index (κ2) is 6.35. The number of rotatable bonds is 4. The average Bonchev–Trinajstić information content (AvgIpc) is 2.86. The van der Waals surface area contributed by atoms with Gasteiger partial charge in [-0.15, -0.1) is 11.3 Å². The molecule has 1 heterocycles. The second-order valence-electron chi connectivity index (χ2n) is 4.34. The highest BCUT2D eigenvalue weighted by atomic mass is 79.9. The first kappa shape index (κ1) is 14.3. The molecular weight excluding hydrogens is 322 g/mol. The molecular formula is C15H16BrNOS. The lowest BCUT2D eigenvalue weighted by molar-refractivity contribution is 0.0950. The Kier molecular flexibility index (Phi) is 4.77. The van der Waals surface area contributed by atoms with Crippen molar-refractivity contribution in [2.24, 2.45) is 0 Å². The maximum absolute atomic E-state index is 12.2. The normalized spacial score (nSPS) is 10.5. The molecule has 0 unspecified atom stereocenters. The van der Waals surface area contributed by atoms with Crippen LogP contribution in [0.5, 0.6) is 0 Å². The maximum atomic E-state index is 12.2. The summed E-state index contributed by atoms with van der Waals surface area (Å²) in [4.78, 5) is 13.4. The van der Waals surface area contributed by atoms with Crippen molar-refractivity contribution in [3.63, 3.8) is 0 Å². The summed E-state index contributed by atoms with van der Waals surface area (Å²) < 4.78 is 0.870. The summed E-state index contributed by atoms with van der Waals surface area (Å²) in [6.45, 7) is 4.71. The molecule has 1 aromatic heterocycles. The van der Waals surface area contributed by atoms with Crippen LogP contribution in [0, 0.1) is 6.92 Å². The van der Waals surface area contributed by atoms with E-state index in [1.54, 1.807) is 11.3 Å². The van der Waals surface area contributed by atoms with Gasteiger partial charge in [-0.3, -0.25) is 4.79 Å². The number of amides is 1. The van der Waals surface area contributed by atoms with Crippen molar-refractivity contribution in [1.82, 2.24) is 5.32 Å². The Morgan fingerprint density at radius 2 is 2.16 bits per heavy atom. The standard InChI is InChI=1S/C15H16BrNOS/c1-3-11-7-8-19-13(11)9-17-15(18)12-6-4-5-10(2)14(12)16/h4-8H,3,9H2,1-2H3,(H,17,18). The molecule has 0 saturated heterocycles. The van der Waals surface area contributed by atoms with Crippen LogP contribution in [0.1, 0.15) is 33.3 Å². The van der Waals surface area contributed by atoms with E-state index in [4.69, 9.17) is 0 Å². The highest BCUT2D eigenvalue weighted by Gasteiger charge is 2.11. The molecule has 0 atom stereocenters. The van der Waals surface area contributed by atoms with E-state index in [2.05, 4.69) is 39.6 Å². The SMILES string of the molecule is CCc1ccsc1CNC(=O)c1cccc(C)c1Br. The first-order valence-electron chi connectivity index (χ1n) is 6.22. The zero-order valence-corrected chi connectivity index (χ0v) is 13.4. The van der Waals surface area contributed by atoms with Crippen molar-refractivity contribution in [2.75, 3.05) is 0 Å². The smallest absolute Gasteiger partial charge is 0.252 e. The van der Waals surface area contributed by atoms with E-state index in [1.807, 2.05) is 25.1 Å². The van der Waals surface area contributed by atoms with Gasteiger partial charge < -0.3 is 5.32 Å². The summed E-state index contributed by atoms with van der Waals surface area (Å²) in [5, 5.41) is 5.06. The van der Waals surface area contributed by atoms with Gasteiger partial charge in [0.05, 0.1) is 12.1 Å². The van der Waals surface area contributed by atoms with Gasteiger partial charge in [0.2, 0.25) is 0 Å². The minimum atomic E-state index is -0.0361. The fourth-order valence-corrected chi connectivity index (χ4v) is 3.28. The van der Waals surface area contributed by atoms with Gasteiger partial charge in [-0.05, 0) is 57.9 Å². The Morgan fingerprint density at radius 1 is 1.37 bits per heavy atom. The van der Waals surface area contributed by atoms with E-state index in [0.717, 1.165) is 16.5 Å². The van der Waals surface area contributed by atoms with Crippen LogP contribution < -0.4 is 5.32 Å². The number of aryl methyl sites for hydroxylation is 2. The van der Waals surface area contributed by atoms with Gasteiger partial charge in [-0.25, -0.2) is 0 Å². The van der Waals surface area contributed by atoms with Crippen LogP contribution in [-0.2, 0) is 13.0 Å². The van der Waals surface area contributed by atoms with Crippen LogP contribution in [-0.4, -0.2) is 5.91 Å². The molecule has 0 aliphatic carbocycles. The molecule has 0 saturated carbocycles. The summed E-state index contributed by atoms with van der Waals surface area (Å²) in [6, 6.07) is 7.84. The van der Waals surface area contributed by atoms with Crippen LogP contribution in [0.2, 0.25) is 0 Å². The molecule has 1 amide bonds. The molecule has 0 aliphatic rings. The molecule has 1 N–H and O–H groups in total. The number of carbonyl (C=O) groups excluding carboxylic acids is 1. The third-order valence-corrected chi connectivity index (χ3v) is 5.08. The Hall–Kier alpha value is -1.13. The fraction of sp³-hybridized carbons (Fsp3) is 0.267. The largest absolute Gasteiger partial charge is 0.347 e. The van der Waals surface area contributed by atoms with Crippen molar-refractivity contribution in [3.8, 4) is 0 Å². The van der Waals surface area contributed by atoms with E-state index >= 15 is 0 Å². The predicted molar refractivity (Wildman–Crippen MR) is 83.7 cm³/mol. The minimum absolute atomic E-state index is 0.0361. The number of carbonyl (C=O) groups is 1. The van der Waals surface area contributed by atoms with E-state index in [1.165, 1.54) is 10.4 Å². The molecule has 100 valence electrons. The van der Waals surface area contributed by atoms with Crippen LogP contribution >= 0.6 is 27.3 Å². The molecule has 0 spiro atoms. The van der Waals surface area contributed by atoms with Gasteiger partial charge in [0.1, 0.15) is 0 Å². The summed E-state index contributed by atoms with van der Waals surface area (Å²) in [5.74, 6) is -0.0361. The fourth-order valence-electron chi connectivity index (χ4n) is 1.92. The first-order chi connectivity index (χ1) is 9.13. The molecule has 0 fully saturated rings. The van der Waals surface area contributed by atoms with Crippen LogP contribution in [0.15, 0.2) is 34.1 Å². The lowest BCUT2D eigenvalue weighted by Gasteiger charge is -2.08. The molecule has 19 heavy (non-hydrogen) atoms. The van der Waals surface area contributed by atoms with Crippen molar-refractivity contribution in [2.45, 2.75) is 26.8 Å². The zero-order valence-electron chi connectivity index (χ0n) is 11.0. The molecule has 2 aromatic rings. The van der Waals surface area contributed by atoms with Crippen LogP contribution in [0.4, 0.5) is 0 Å². The van der Waals surface area contributed by atoms with Crippen LogP contribution in [0.25, 0.3) is 0 Å². The lowest BCUT2D eigenvalue weighted by Crippen LogP contribution is -2.23. The number of halogens is 1. The molecule has 0 aliphatic heterocycles. The van der Waals surface area contributed by atoms with E-state index in [-0.39, 0.29) is 5.91 Å². The topological polar surface area (TPSA) is 29.1 Å². The predicted octanol–water partition coefficient (Wildman–Crippen LogP) is 4.31. The lowest BCUT2D eigenvalue weighted by atomic mass is 10.1. The van der Waals surface area contributed by atoms with Gasteiger partial charge in [-0.1, -0.05) is 19.1 Å². The monoisotopic (exact) mass is 337 g/mol. The van der Waals surface area contributed by atoms with Crippen molar-refractivity contribution in [3.05, 3.63) is 55.7 Å². The average molecular weight is 338 g/mol. The van der Waals surface area contributed by atoms with Gasteiger partial charge in [0.15, 0.2) is 0 Å². The third kappa shape index (κ3) is 3.25. The number of benzene rings is 1. The second-order valence-corrected chi connectivity index (χ2v) is 6.14. The van der Waals surface area contributed by atoms with E-state index < -0.39 is 0 Å². The van der Waals surface area contributed by atoms with Gasteiger partial charge in [0, 0.05) is 9.35 Å². The minimum Gasteiger partial charge on any atom is -0.347 e. The molecule has 1 aromatic carbocycles. The van der Waals surface area contributed by atoms with E-state index in [9.17, 15) is 4.79 Å². The van der Waals surface area contributed by atoms with Gasteiger partial charge in [-0.2, -0.15) is 0 Å².